The number of halogens is 1. The summed E-state index contributed by atoms with van der Waals surface area (Å²) >= 11 is 5.87. The molecule has 0 aromatic heterocycles. The molecule has 1 aliphatic carbocycles. The number of benzene rings is 1. The zero-order valence-electron chi connectivity index (χ0n) is 13.0. The second-order valence-corrected chi connectivity index (χ2v) is 8.17. The number of hydrogen-bond acceptors (Lipinski definition) is 2. The Labute approximate surface area is 133 Å². The van der Waals surface area contributed by atoms with Gasteiger partial charge in [0.25, 0.3) is 0 Å². The van der Waals surface area contributed by atoms with Gasteiger partial charge < -0.3 is 0 Å². The number of sulfonamides is 1. The van der Waals surface area contributed by atoms with Crippen molar-refractivity contribution in [3.05, 3.63) is 29.3 Å². The molecule has 5 heteroatoms. The molecular weight excluding hydrogens is 306 g/mol. The highest BCUT2D eigenvalue weighted by molar-refractivity contribution is 7.89. The third-order valence-corrected chi connectivity index (χ3v) is 6.40. The van der Waals surface area contributed by atoms with Crippen LogP contribution in [0.5, 0.6) is 0 Å². The van der Waals surface area contributed by atoms with Gasteiger partial charge in [0.1, 0.15) is 0 Å². The normalized spacial score (nSPS) is 15.9. The van der Waals surface area contributed by atoms with Crippen molar-refractivity contribution in [1.82, 2.24) is 4.31 Å². The van der Waals surface area contributed by atoms with Gasteiger partial charge in [-0.05, 0) is 56.2 Å². The standard InChI is InChI=1S/C16H24ClNO2S/c1-4-15-8-7-14(10-17)9-16(15)21(19,20)18(12(2)3)11-13-5-6-13/h7-9,12-13H,4-6,10-11H2,1-3H3. The van der Waals surface area contributed by atoms with Crippen molar-refractivity contribution in [2.24, 2.45) is 5.92 Å². The van der Waals surface area contributed by atoms with Crippen molar-refractivity contribution < 1.29 is 8.42 Å². The summed E-state index contributed by atoms with van der Waals surface area (Å²) in [6.07, 6.45) is 2.98. The van der Waals surface area contributed by atoms with Gasteiger partial charge >= 0.3 is 0 Å². The fourth-order valence-corrected chi connectivity index (χ4v) is 4.71. The highest BCUT2D eigenvalue weighted by Crippen LogP contribution is 2.33. The Kier molecular flexibility index (Phi) is 5.33. The molecule has 0 saturated heterocycles. The van der Waals surface area contributed by atoms with E-state index in [2.05, 4.69) is 0 Å². The molecule has 0 unspecified atom stereocenters. The first-order chi connectivity index (χ1) is 9.90. The summed E-state index contributed by atoms with van der Waals surface area (Å²) in [5.41, 5.74) is 1.72. The Morgan fingerprint density at radius 3 is 2.48 bits per heavy atom. The lowest BCUT2D eigenvalue weighted by Gasteiger charge is -2.27. The predicted molar refractivity (Wildman–Crippen MR) is 87.1 cm³/mol. The molecule has 0 spiro atoms. The summed E-state index contributed by atoms with van der Waals surface area (Å²) in [7, 11) is -3.46. The molecule has 0 aliphatic heterocycles. The Morgan fingerprint density at radius 1 is 1.33 bits per heavy atom. The van der Waals surface area contributed by atoms with E-state index < -0.39 is 10.0 Å². The maximum atomic E-state index is 13.1. The first kappa shape index (κ1) is 16.8. The molecule has 0 bridgehead atoms. The largest absolute Gasteiger partial charge is 0.243 e. The zero-order chi connectivity index (χ0) is 15.6. The van der Waals surface area contributed by atoms with Gasteiger partial charge in [-0.1, -0.05) is 19.1 Å². The second kappa shape index (κ2) is 6.67. The average Bonchev–Trinajstić information content (AvgIpc) is 3.27. The van der Waals surface area contributed by atoms with E-state index in [1.54, 1.807) is 10.4 Å². The zero-order valence-corrected chi connectivity index (χ0v) is 14.5. The monoisotopic (exact) mass is 329 g/mol. The number of rotatable bonds is 7. The van der Waals surface area contributed by atoms with Crippen LogP contribution in [0.3, 0.4) is 0 Å². The molecule has 0 amide bonds. The van der Waals surface area contributed by atoms with E-state index in [1.807, 2.05) is 32.9 Å². The predicted octanol–water partition coefficient (Wildman–Crippen LogP) is 3.80. The van der Waals surface area contributed by atoms with Gasteiger partial charge in [-0.15, -0.1) is 11.6 Å². The molecule has 1 aliphatic rings. The summed E-state index contributed by atoms with van der Waals surface area (Å²) < 4.78 is 27.8. The van der Waals surface area contributed by atoms with Gasteiger partial charge in [0.05, 0.1) is 4.90 Å². The first-order valence-corrected chi connectivity index (χ1v) is 9.57. The van der Waals surface area contributed by atoms with Crippen molar-refractivity contribution >= 4 is 21.6 Å². The number of aryl methyl sites for hydroxylation is 1. The Bertz CT molecular complexity index is 594. The number of nitrogens with zero attached hydrogens (tertiary/aromatic N) is 1. The van der Waals surface area contributed by atoms with Crippen LogP contribution in [0.25, 0.3) is 0 Å². The minimum Gasteiger partial charge on any atom is -0.207 e. The summed E-state index contributed by atoms with van der Waals surface area (Å²) in [5, 5.41) is 0. The van der Waals surface area contributed by atoms with Crippen LogP contribution < -0.4 is 0 Å². The Hall–Kier alpha value is -0.580. The molecule has 0 heterocycles. The molecule has 1 fully saturated rings. The fraction of sp³-hybridized carbons (Fsp3) is 0.625. The topological polar surface area (TPSA) is 37.4 Å². The van der Waals surface area contributed by atoms with Crippen molar-refractivity contribution in [2.75, 3.05) is 6.54 Å². The van der Waals surface area contributed by atoms with E-state index in [1.165, 1.54) is 0 Å². The number of alkyl halides is 1. The Morgan fingerprint density at radius 2 is 2.00 bits per heavy atom. The average molecular weight is 330 g/mol. The minimum absolute atomic E-state index is 0.0278. The van der Waals surface area contributed by atoms with E-state index in [0.717, 1.165) is 24.0 Å². The molecular formula is C16H24ClNO2S. The van der Waals surface area contributed by atoms with Crippen molar-refractivity contribution in [3.8, 4) is 0 Å². The molecule has 3 nitrogen and oxygen atoms in total. The lowest BCUT2D eigenvalue weighted by molar-refractivity contribution is 0.341. The second-order valence-electron chi connectivity index (χ2n) is 6.04. The van der Waals surface area contributed by atoms with Crippen LogP contribution >= 0.6 is 11.6 Å². The molecule has 21 heavy (non-hydrogen) atoms. The van der Waals surface area contributed by atoms with Gasteiger partial charge in [0.15, 0.2) is 0 Å². The van der Waals surface area contributed by atoms with Crippen molar-refractivity contribution in [2.45, 2.75) is 56.9 Å². The van der Waals surface area contributed by atoms with Crippen LogP contribution in [0.4, 0.5) is 0 Å². The van der Waals surface area contributed by atoms with Crippen LogP contribution in [-0.4, -0.2) is 25.3 Å². The maximum Gasteiger partial charge on any atom is 0.243 e. The van der Waals surface area contributed by atoms with Crippen LogP contribution in [0, 0.1) is 5.92 Å². The quantitative estimate of drug-likeness (QED) is 0.713. The molecule has 1 aromatic carbocycles. The third-order valence-electron chi connectivity index (χ3n) is 3.96. The number of hydrogen-bond donors (Lipinski definition) is 0. The SMILES string of the molecule is CCc1ccc(CCl)cc1S(=O)(=O)N(CC1CC1)C(C)C. The van der Waals surface area contributed by atoms with Crippen LogP contribution in [0.15, 0.2) is 23.1 Å². The van der Waals surface area contributed by atoms with Crippen LogP contribution in [-0.2, 0) is 22.3 Å². The van der Waals surface area contributed by atoms with E-state index in [-0.39, 0.29) is 6.04 Å². The molecule has 118 valence electrons. The van der Waals surface area contributed by atoms with Gasteiger partial charge in [-0.25, -0.2) is 8.42 Å². The Balaban J connectivity index is 2.44. The summed E-state index contributed by atoms with van der Waals surface area (Å²) in [6.45, 7) is 6.50. The molecule has 0 atom stereocenters. The van der Waals surface area contributed by atoms with E-state index in [4.69, 9.17) is 11.6 Å². The molecule has 1 saturated carbocycles. The van der Waals surface area contributed by atoms with Crippen LogP contribution in [0.1, 0.15) is 44.7 Å². The van der Waals surface area contributed by atoms with Gasteiger partial charge in [0, 0.05) is 18.5 Å². The summed E-state index contributed by atoms with van der Waals surface area (Å²) in [5.74, 6) is 0.861. The highest BCUT2D eigenvalue weighted by Gasteiger charge is 2.34. The van der Waals surface area contributed by atoms with E-state index in [9.17, 15) is 8.42 Å². The fourth-order valence-electron chi connectivity index (χ4n) is 2.48. The van der Waals surface area contributed by atoms with Crippen molar-refractivity contribution in [3.63, 3.8) is 0 Å². The van der Waals surface area contributed by atoms with Gasteiger partial charge in [-0.2, -0.15) is 4.31 Å². The van der Waals surface area contributed by atoms with E-state index in [0.29, 0.717) is 29.7 Å². The molecule has 1 aromatic rings. The van der Waals surface area contributed by atoms with Crippen LogP contribution in [0.2, 0.25) is 0 Å². The smallest absolute Gasteiger partial charge is 0.207 e. The minimum atomic E-state index is -3.46. The lowest BCUT2D eigenvalue weighted by atomic mass is 10.1. The summed E-state index contributed by atoms with van der Waals surface area (Å²) in [4.78, 5) is 0.428. The van der Waals surface area contributed by atoms with Gasteiger partial charge in [0.2, 0.25) is 10.0 Å². The molecule has 0 radical (unpaired) electrons. The van der Waals surface area contributed by atoms with Gasteiger partial charge in [-0.3, -0.25) is 0 Å². The summed E-state index contributed by atoms with van der Waals surface area (Å²) in [6, 6.07) is 5.51. The highest BCUT2D eigenvalue weighted by atomic mass is 35.5. The first-order valence-electron chi connectivity index (χ1n) is 7.59. The molecule has 2 rings (SSSR count). The third kappa shape index (κ3) is 3.79. The maximum absolute atomic E-state index is 13.1. The molecule has 0 N–H and O–H groups in total. The van der Waals surface area contributed by atoms with Crippen molar-refractivity contribution in [1.29, 1.82) is 0 Å². The van der Waals surface area contributed by atoms with E-state index >= 15 is 0 Å². The lowest BCUT2D eigenvalue weighted by Crippen LogP contribution is -2.38.